The van der Waals surface area contributed by atoms with Gasteiger partial charge in [-0.25, -0.2) is 4.79 Å². The van der Waals surface area contributed by atoms with Crippen LogP contribution in [0.4, 0.5) is 4.79 Å². The number of aromatic nitrogens is 1. The smallest absolute Gasteiger partial charge is 0.410 e. The minimum atomic E-state index is -0.963. The summed E-state index contributed by atoms with van der Waals surface area (Å²) >= 11 is 0. The van der Waals surface area contributed by atoms with E-state index in [1.165, 1.54) is 4.90 Å². The van der Waals surface area contributed by atoms with Crippen LogP contribution in [0.2, 0.25) is 0 Å². The minimum absolute atomic E-state index is 0.0654. The van der Waals surface area contributed by atoms with E-state index in [9.17, 15) is 19.5 Å². The van der Waals surface area contributed by atoms with Crippen molar-refractivity contribution < 1.29 is 29.0 Å². The molecule has 1 aliphatic rings. The summed E-state index contributed by atoms with van der Waals surface area (Å²) in [6.45, 7) is 5.81. The molecule has 8 nitrogen and oxygen atoms in total. The van der Waals surface area contributed by atoms with Crippen molar-refractivity contribution in [3.8, 4) is 5.75 Å². The monoisotopic (exact) mass is 442 g/mol. The van der Waals surface area contributed by atoms with Crippen molar-refractivity contribution in [2.75, 3.05) is 20.2 Å². The maximum atomic E-state index is 13.0. The van der Waals surface area contributed by atoms with Gasteiger partial charge in [-0.3, -0.25) is 14.6 Å². The molecule has 1 aliphatic heterocycles. The molecule has 2 heterocycles. The molecule has 0 aliphatic carbocycles. The summed E-state index contributed by atoms with van der Waals surface area (Å²) in [5, 5.41) is 10.5. The van der Waals surface area contributed by atoms with E-state index in [2.05, 4.69) is 4.98 Å². The normalized spacial score (nSPS) is 18.9. The van der Waals surface area contributed by atoms with Crippen LogP contribution < -0.4 is 4.74 Å². The van der Waals surface area contributed by atoms with Gasteiger partial charge in [-0.2, -0.15) is 0 Å². The summed E-state index contributed by atoms with van der Waals surface area (Å²) in [6.07, 6.45) is 2.26. The lowest BCUT2D eigenvalue weighted by Gasteiger charge is -2.37. The highest BCUT2D eigenvalue weighted by Gasteiger charge is 2.37. The zero-order chi connectivity index (χ0) is 23.5. The zero-order valence-corrected chi connectivity index (χ0v) is 19.0. The van der Waals surface area contributed by atoms with Crippen LogP contribution in [-0.4, -0.2) is 58.6 Å². The quantitative estimate of drug-likeness (QED) is 0.670. The molecule has 0 radical (unpaired) electrons. The first-order chi connectivity index (χ1) is 15.1. The lowest BCUT2D eigenvalue weighted by molar-refractivity contribution is -0.145. The van der Waals surface area contributed by atoms with E-state index >= 15 is 0 Å². The summed E-state index contributed by atoms with van der Waals surface area (Å²) in [7, 11) is 1.56. The number of ketones is 1. The molecule has 172 valence electrons. The summed E-state index contributed by atoms with van der Waals surface area (Å²) in [4.78, 5) is 43.0. The molecule has 8 heteroatoms. The van der Waals surface area contributed by atoms with Crippen LogP contribution in [0.15, 0.2) is 30.5 Å². The third-order valence-electron chi connectivity index (χ3n) is 5.72. The Balaban J connectivity index is 1.69. The Hall–Kier alpha value is -3.16. The fraction of sp³-hybridized carbons (Fsp3) is 0.500. The van der Waals surface area contributed by atoms with Gasteiger partial charge in [0, 0.05) is 36.7 Å². The highest BCUT2D eigenvalue weighted by atomic mass is 16.6. The average Bonchev–Trinajstić information content (AvgIpc) is 2.75. The molecule has 0 bridgehead atoms. The number of fused-ring (bicyclic) bond motifs is 1. The van der Waals surface area contributed by atoms with Crippen LogP contribution in [0.5, 0.6) is 5.75 Å². The van der Waals surface area contributed by atoms with Gasteiger partial charge in [-0.15, -0.1) is 0 Å². The number of benzene rings is 1. The molecule has 1 aromatic heterocycles. The number of ether oxygens (including phenoxy) is 2. The Kier molecular flexibility index (Phi) is 7.01. The first kappa shape index (κ1) is 23.5. The van der Waals surface area contributed by atoms with Gasteiger partial charge in [0.25, 0.3) is 0 Å². The van der Waals surface area contributed by atoms with Gasteiger partial charge in [-0.1, -0.05) is 0 Å². The van der Waals surface area contributed by atoms with Gasteiger partial charge in [0.05, 0.1) is 18.5 Å². The number of carbonyl (C=O) groups excluding carboxylic acids is 2. The number of hydrogen-bond donors (Lipinski definition) is 1. The maximum Gasteiger partial charge on any atom is 0.410 e. The third kappa shape index (κ3) is 5.55. The number of carboxylic acid groups (broad SMARTS) is 1. The summed E-state index contributed by atoms with van der Waals surface area (Å²) in [6, 6.07) is 7.07. The highest BCUT2D eigenvalue weighted by Crippen LogP contribution is 2.30. The van der Waals surface area contributed by atoms with Gasteiger partial charge < -0.3 is 19.5 Å². The molecule has 1 aromatic carbocycles. The SMILES string of the molecule is COc1ccc2nccc(C(=O)CC[C@@H]3CCN(C(=O)OC(C)(C)C)C[C@@H]3C(=O)O)c2c1. The van der Waals surface area contributed by atoms with E-state index < -0.39 is 23.6 Å². The number of pyridine rings is 1. The number of methoxy groups -OCH3 is 1. The second kappa shape index (κ2) is 9.54. The fourth-order valence-corrected chi connectivity index (χ4v) is 4.06. The molecule has 3 rings (SSSR count). The largest absolute Gasteiger partial charge is 0.497 e. The lowest BCUT2D eigenvalue weighted by atomic mass is 9.81. The minimum Gasteiger partial charge on any atom is -0.497 e. The van der Waals surface area contributed by atoms with Gasteiger partial charge in [-0.05, 0) is 63.8 Å². The average molecular weight is 443 g/mol. The lowest BCUT2D eigenvalue weighted by Crippen LogP contribution is -2.48. The maximum absolute atomic E-state index is 13.0. The molecule has 0 spiro atoms. The molecule has 1 N–H and O–H groups in total. The molecular weight excluding hydrogens is 412 g/mol. The van der Waals surface area contributed by atoms with E-state index in [0.29, 0.717) is 41.6 Å². The molecule has 2 atom stereocenters. The Morgan fingerprint density at radius 2 is 1.97 bits per heavy atom. The first-order valence-electron chi connectivity index (χ1n) is 10.8. The predicted octanol–water partition coefficient (Wildman–Crippen LogP) is 4.16. The van der Waals surface area contributed by atoms with Crippen LogP contribution in [-0.2, 0) is 9.53 Å². The molecular formula is C24H30N2O6. The van der Waals surface area contributed by atoms with Crippen LogP contribution in [0.1, 0.15) is 50.4 Å². The first-order valence-corrected chi connectivity index (χ1v) is 10.8. The topological polar surface area (TPSA) is 106 Å². The van der Waals surface area contributed by atoms with Crippen molar-refractivity contribution in [2.24, 2.45) is 11.8 Å². The van der Waals surface area contributed by atoms with Crippen LogP contribution >= 0.6 is 0 Å². The fourth-order valence-electron chi connectivity index (χ4n) is 4.06. The number of rotatable bonds is 6. The second-order valence-corrected chi connectivity index (χ2v) is 9.12. The third-order valence-corrected chi connectivity index (χ3v) is 5.72. The second-order valence-electron chi connectivity index (χ2n) is 9.12. The summed E-state index contributed by atoms with van der Waals surface area (Å²) < 4.78 is 10.6. The van der Waals surface area contributed by atoms with Gasteiger partial charge >= 0.3 is 12.1 Å². The molecule has 0 unspecified atom stereocenters. The number of hydrogen-bond acceptors (Lipinski definition) is 6. The van der Waals surface area contributed by atoms with Crippen LogP contribution in [0, 0.1) is 11.8 Å². The van der Waals surface area contributed by atoms with Crippen molar-refractivity contribution in [2.45, 2.75) is 45.6 Å². The molecule has 1 fully saturated rings. The summed E-state index contributed by atoms with van der Waals surface area (Å²) in [5.41, 5.74) is 0.604. The Morgan fingerprint density at radius 3 is 2.62 bits per heavy atom. The van der Waals surface area contributed by atoms with Crippen LogP contribution in [0.3, 0.4) is 0 Å². The van der Waals surface area contributed by atoms with E-state index in [-0.39, 0.29) is 24.7 Å². The number of carboxylic acids is 1. The highest BCUT2D eigenvalue weighted by molar-refractivity contribution is 6.07. The van der Waals surface area contributed by atoms with Crippen molar-refractivity contribution in [1.82, 2.24) is 9.88 Å². The number of Topliss-reactive ketones (excluding diaryl/α,β-unsaturated/α-hetero) is 1. The van der Waals surface area contributed by atoms with Crippen molar-refractivity contribution in [1.29, 1.82) is 0 Å². The number of aliphatic carboxylic acids is 1. The van der Waals surface area contributed by atoms with E-state index in [1.54, 1.807) is 58.3 Å². The Labute approximate surface area is 187 Å². The van der Waals surface area contributed by atoms with E-state index in [0.717, 1.165) is 0 Å². The number of nitrogens with zero attached hydrogens (tertiary/aromatic N) is 2. The van der Waals surface area contributed by atoms with Crippen molar-refractivity contribution in [3.05, 3.63) is 36.0 Å². The number of carbonyl (C=O) groups is 3. The van der Waals surface area contributed by atoms with E-state index in [1.807, 2.05) is 0 Å². The van der Waals surface area contributed by atoms with Crippen LogP contribution in [0.25, 0.3) is 10.9 Å². The van der Waals surface area contributed by atoms with E-state index in [4.69, 9.17) is 9.47 Å². The Bertz CT molecular complexity index is 1010. The molecule has 1 saturated heterocycles. The molecule has 1 amide bonds. The van der Waals surface area contributed by atoms with Crippen molar-refractivity contribution in [3.63, 3.8) is 0 Å². The Morgan fingerprint density at radius 1 is 1.22 bits per heavy atom. The van der Waals surface area contributed by atoms with Gasteiger partial charge in [0.1, 0.15) is 11.4 Å². The molecule has 2 aromatic rings. The molecule has 0 saturated carbocycles. The van der Waals surface area contributed by atoms with Gasteiger partial charge in [0.2, 0.25) is 0 Å². The van der Waals surface area contributed by atoms with Gasteiger partial charge in [0.15, 0.2) is 5.78 Å². The van der Waals surface area contributed by atoms with Crippen molar-refractivity contribution >= 4 is 28.7 Å². The predicted molar refractivity (Wildman–Crippen MR) is 119 cm³/mol. The molecule has 32 heavy (non-hydrogen) atoms. The number of likely N-dealkylation sites (tertiary alicyclic amines) is 1. The zero-order valence-electron chi connectivity index (χ0n) is 19.0. The standard InChI is InChI=1S/C24H30N2O6/c1-24(2,3)32-23(30)26-12-10-15(19(14-26)22(28)29)5-8-21(27)17-9-11-25-20-7-6-16(31-4)13-18(17)20/h6-7,9,11,13,15,19H,5,8,10,12,14H2,1-4H3,(H,28,29)/t15-,19+/m1/s1. The number of amides is 1. The summed E-state index contributed by atoms with van der Waals surface area (Å²) in [5.74, 6) is -1.32. The number of piperidine rings is 1.